The van der Waals surface area contributed by atoms with Gasteiger partial charge in [0.2, 0.25) is 0 Å². The van der Waals surface area contributed by atoms with Crippen molar-refractivity contribution in [2.75, 3.05) is 18.4 Å². The first-order valence-corrected chi connectivity index (χ1v) is 11.4. The normalized spacial score (nSPS) is 14.7. The zero-order valence-electron chi connectivity index (χ0n) is 18.9. The SMILES string of the molecule is Cc1ccc([N+](=O)[O-])cc1NC(=O)c1ccc(CN2CCC(Cc3ccccc3)CC2)cc1. The van der Waals surface area contributed by atoms with Gasteiger partial charge in [0.25, 0.3) is 11.6 Å². The molecular weight excluding hydrogens is 414 g/mol. The van der Waals surface area contributed by atoms with Crippen molar-refractivity contribution in [1.82, 2.24) is 4.90 Å². The van der Waals surface area contributed by atoms with Gasteiger partial charge in [-0.2, -0.15) is 0 Å². The minimum absolute atomic E-state index is 0.0428. The molecule has 0 spiro atoms. The molecule has 0 aromatic heterocycles. The molecule has 6 nitrogen and oxygen atoms in total. The van der Waals surface area contributed by atoms with E-state index in [0.717, 1.165) is 37.5 Å². The highest BCUT2D eigenvalue weighted by Gasteiger charge is 2.20. The van der Waals surface area contributed by atoms with Crippen LogP contribution in [0.4, 0.5) is 11.4 Å². The number of nitrogens with one attached hydrogen (secondary N) is 1. The monoisotopic (exact) mass is 443 g/mol. The first-order valence-electron chi connectivity index (χ1n) is 11.4. The van der Waals surface area contributed by atoms with Gasteiger partial charge in [0.05, 0.1) is 10.6 Å². The van der Waals surface area contributed by atoms with E-state index in [1.807, 2.05) is 31.2 Å². The van der Waals surface area contributed by atoms with Gasteiger partial charge in [0.15, 0.2) is 0 Å². The number of likely N-dealkylation sites (tertiary alicyclic amines) is 1. The Morgan fingerprint density at radius 3 is 2.36 bits per heavy atom. The van der Waals surface area contributed by atoms with E-state index in [1.54, 1.807) is 6.07 Å². The van der Waals surface area contributed by atoms with Crippen LogP contribution in [0, 0.1) is 23.0 Å². The van der Waals surface area contributed by atoms with Crippen molar-refractivity contribution in [1.29, 1.82) is 0 Å². The van der Waals surface area contributed by atoms with Gasteiger partial charge >= 0.3 is 0 Å². The molecule has 1 N–H and O–H groups in total. The molecule has 0 radical (unpaired) electrons. The van der Waals surface area contributed by atoms with Crippen LogP contribution in [0.15, 0.2) is 72.8 Å². The number of benzene rings is 3. The molecule has 1 heterocycles. The number of hydrogen-bond acceptors (Lipinski definition) is 4. The number of rotatable bonds is 7. The minimum atomic E-state index is -0.464. The largest absolute Gasteiger partial charge is 0.321 e. The fourth-order valence-corrected chi connectivity index (χ4v) is 4.37. The number of piperidine rings is 1. The summed E-state index contributed by atoms with van der Waals surface area (Å²) in [5, 5.41) is 13.8. The number of nitrogens with zero attached hydrogens (tertiary/aromatic N) is 2. The zero-order chi connectivity index (χ0) is 23.2. The molecule has 0 atom stereocenters. The van der Waals surface area contributed by atoms with Crippen molar-refractivity contribution in [3.05, 3.63) is 105 Å². The first-order chi connectivity index (χ1) is 16.0. The Bertz CT molecular complexity index is 1110. The highest BCUT2D eigenvalue weighted by atomic mass is 16.6. The molecule has 0 bridgehead atoms. The lowest BCUT2D eigenvalue weighted by Gasteiger charge is -2.32. The summed E-state index contributed by atoms with van der Waals surface area (Å²) in [6, 6.07) is 22.8. The summed E-state index contributed by atoms with van der Waals surface area (Å²) in [7, 11) is 0. The van der Waals surface area contributed by atoms with E-state index in [1.165, 1.54) is 36.1 Å². The smallest absolute Gasteiger partial charge is 0.271 e. The molecule has 170 valence electrons. The summed E-state index contributed by atoms with van der Waals surface area (Å²) < 4.78 is 0. The van der Waals surface area contributed by atoms with Crippen molar-refractivity contribution in [3.8, 4) is 0 Å². The van der Waals surface area contributed by atoms with Crippen LogP contribution in [0.2, 0.25) is 0 Å². The lowest BCUT2D eigenvalue weighted by molar-refractivity contribution is -0.384. The molecule has 0 aliphatic carbocycles. The highest BCUT2D eigenvalue weighted by molar-refractivity contribution is 6.04. The summed E-state index contributed by atoms with van der Waals surface area (Å²) in [5.41, 5.74) is 4.33. The lowest BCUT2D eigenvalue weighted by Crippen LogP contribution is -2.33. The van der Waals surface area contributed by atoms with E-state index < -0.39 is 4.92 Å². The van der Waals surface area contributed by atoms with Crippen LogP contribution in [-0.2, 0) is 13.0 Å². The summed E-state index contributed by atoms with van der Waals surface area (Å²) in [6.45, 7) is 4.87. The van der Waals surface area contributed by atoms with Crippen LogP contribution in [0.3, 0.4) is 0 Å². The Balaban J connectivity index is 1.29. The fraction of sp³-hybridized carbons (Fsp3) is 0.296. The predicted molar refractivity (Wildman–Crippen MR) is 130 cm³/mol. The van der Waals surface area contributed by atoms with E-state index in [-0.39, 0.29) is 11.6 Å². The third kappa shape index (κ3) is 6.05. The Labute approximate surface area is 194 Å². The second kappa shape index (κ2) is 10.4. The number of carbonyl (C=O) groups is 1. The van der Waals surface area contributed by atoms with Gasteiger partial charge in [-0.15, -0.1) is 0 Å². The molecule has 3 aromatic rings. The van der Waals surface area contributed by atoms with Gasteiger partial charge in [-0.25, -0.2) is 0 Å². The molecular formula is C27H29N3O3. The van der Waals surface area contributed by atoms with Crippen molar-refractivity contribution in [3.63, 3.8) is 0 Å². The molecule has 1 saturated heterocycles. The van der Waals surface area contributed by atoms with E-state index in [4.69, 9.17) is 0 Å². The van der Waals surface area contributed by atoms with Gasteiger partial charge in [-0.3, -0.25) is 19.8 Å². The average molecular weight is 444 g/mol. The standard InChI is InChI=1S/C27H29N3O3/c1-20-7-12-25(30(32)33)18-26(20)28-27(31)24-10-8-23(9-11-24)19-29-15-13-22(14-16-29)17-21-5-3-2-4-6-21/h2-12,18,22H,13-17,19H2,1H3,(H,28,31). The number of amides is 1. The predicted octanol–water partition coefficient (Wildman–Crippen LogP) is 5.61. The van der Waals surface area contributed by atoms with Crippen molar-refractivity contribution in [2.24, 2.45) is 5.92 Å². The van der Waals surface area contributed by atoms with E-state index in [2.05, 4.69) is 40.5 Å². The summed E-state index contributed by atoms with van der Waals surface area (Å²) in [6.07, 6.45) is 3.57. The van der Waals surface area contributed by atoms with Crippen molar-refractivity contribution in [2.45, 2.75) is 32.7 Å². The number of anilines is 1. The van der Waals surface area contributed by atoms with Crippen LogP contribution in [0.1, 0.15) is 39.9 Å². The maximum atomic E-state index is 12.6. The molecule has 1 aliphatic heterocycles. The Morgan fingerprint density at radius 2 is 1.70 bits per heavy atom. The van der Waals surface area contributed by atoms with Crippen LogP contribution in [-0.4, -0.2) is 28.8 Å². The number of aryl methyl sites for hydroxylation is 1. The summed E-state index contributed by atoms with van der Waals surface area (Å²) in [5.74, 6) is 0.471. The number of nitro groups is 1. The molecule has 0 saturated carbocycles. The average Bonchev–Trinajstić information content (AvgIpc) is 2.83. The number of hydrogen-bond donors (Lipinski definition) is 1. The molecule has 0 unspecified atom stereocenters. The number of carbonyl (C=O) groups excluding carboxylic acids is 1. The Kier molecular flexibility index (Phi) is 7.15. The van der Waals surface area contributed by atoms with E-state index in [0.29, 0.717) is 11.3 Å². The number of non-ortho nitro benzene ring substituents is 1. The van der Waals surface area contributed by atoms with E-state index in [9.17, 15) is 14.9 Å². The molecule has 3 aromatic carbocycles. The quantitative estimate of drug-likeness (QED) is 0.380. The topological polar surface area (TPSA) is 75.5 Å². The second-order valence-corrected chi connectivity index (χ2v) is 8.82. The van der Waals surface area contributed by atoms with Crippen LogP contribution >= 0.6 is 0 Å². The first kappa shape index (κ1) is 22.7. The van der Waals surface area contributed by atoms with E-state index >= 15 is 0 Å². The summed E-state index contributed by atoms with van der Waals surface area (Å²) >= 11 is 0. The molecule has 1 amide bonds. The highest BCUT2D eigenvalue weighted by Crippen LogP contribution is 2.24. The van der Waals surface area contributed by atoms with Crippen molar-refractivity contribution < 1.29 is 9.72 Å². The van der Waals surface area contributed by atoms with Crippen LogP contribution in [0.5, 0.6) is 0 Å². The molecule has 33 heavy (non-hydrogen) atoms. The maximum Gasteiger partial charge on any atom is 0.271 e. The van der Waals surface area contributed by atoms with Gasteiger partial charge in [0.1, 0.15) is 0 Å². The molecule has 1 aliphatic rings. The third-order valence-electron chi connectivity index (χ3n) is 6.38. The maximum absolute atomic E-state index is 12.6. The van der Waals surface area contributed by atoms with Crippen molar-refractivity contribution >= 4 is 17.3 Å². The zero-order valence-corrected chi connectivity index (χ0v) is 18.9. The third-order valence-corrected chi connectivity index (χ3v) is 6.38. The Morgan fingerprint density at radius 1 is 1.00 bits per heavy atom. The minimum Gasteiger partial charge on any atom is -0.321 e. The van der Waals surface area contributed by atoms with Gasteiger partial charge in [0, 0.05) is 24.2 Å². The molecule has 4 rings (SSSR count). The molecule has 1 fully saturated rings. The van der Waals surface area contributed by atoms with Gasteiger partial charge < -0.3 is 5.32 Å². The fourth-order valence-electron chi connectivity index (χ4n) is 4.37. The Hall–Kier alpha value is -3.51. The number of nitro benzene ring substituents is 1. The molecule has 6 heteroatoms. The van der Waals surface area contributed by atoms with Gasteiger partial charge in [-0.05, 0) is 74.0 Å². The second-order valence-electron chi connectivity index (χ2n) is 8.82. The van der Waals surface area contributed by atoms with Crippen LogP contribution < -0.4 is 5.32 Å². The van der Waals surface area contributed by atoms with Gasteiger partial charge in [-0.1, -0.05) is 48.5 Å². The summed E-state index contributed by atoms with van der Waals surface area (Å²) in [4.78, 5) is 25.7. The van der Waals surface area contributed by atoms with Crippen LogP contribution in [0.25, 0.3) is 0 Å². The lowest BCUT2D eigenvalue weighted by atomic mass is 9.90.